The van der Waals surface area contributed by atoms with Gasteiger partial charge in [0, 0.05) is 54.7 Å². The number of anilines is 3. The molecule has 1 fully saturated rings. The monoisotopic (exact) mass is 453 g/mol. The van der Waals surface area contributed by atoms with Gasteiger partial charge in [0.2, 0.25) is 5.95 Å². The van der Waals surface area contributed by atoms with E-state index in [1.807, 2.05) is 6.20 Å². The van der Waals surface area contributed by atoms with Gasteiger partial charge in [-0.2, -0.15) is 0 Å². The smallest absolute Gasteiger partial charge is 0.227 e. The second-order valence-corrected chi connectivity index (χ2v) is 9.05. The van der Waals surface area contributed by atoms with Crippen LogP contribution in [0.15, 0.2) is 60.8 Å². The van der Waals surface area contributed by atoms with Gasteiger partial charge < -0.3 is 19.9 Å². The highest BCUT2D eigenvalue weighted by molar-refractivity contribution is 5.94. The maximum Gasteiger partial charge on any atom is 0.227 e. The summed E-state index contributed by atoms with van der Waals surface area (Å²) in [7, 11) is 3.89. The first-order valence-corrected chi connectivity index (χ1v) is 11.7. The molecule has 3 aromatic carbocycles. The van der Waals surface area contributed by atoms with Crippen molar-refractivity contribution >= 4 is 28.2 Å². The number of ether oxygens (including phenoxy) is 1. The van der Waals surface area contributed by atoms with Gasteiger partial charge in [-0.05, 0) is 67.9 Å². The molecule has 0 amide bonds. The highest BCUT2D eigenvalue weighted by atomic mass is 16.5. The molecule has 0 atom stereocenters. The average Bonchev–Trinajstić information content (AvgIpc) is 2.84. The summed E-state index contributed by atoms with van der Waals surface area (Å²) < 4.78 is 5.56. The van der Waals surface area contributed by atoms with Gasteiger partial charge in [0.1, 0.15) is 5.75 Å². The predicted octanol–water partition coefficient (Wildman–Crippen LogP) is 5.42. The fraction of sp³-hybridized carbons (Fsp3) is 0.286. The van der Waals surface area contributed by atoms with E-state index in [4.69, 9.17) is 9.72 Å². The van der Waals surface area contributed by atoms with Gasteiger partial charge in [0.25, 0.3) is 0 Å². The number of methoxy groups -OCH3 is 1. The molecule has 1 aliphatic heterocycles. The molecule has 0 radical (unpaired) electrons. The van der Waals surface area contributed by atoms with E-state index >= 15 is 0 Å². The van der Waals surface area contributed by atoms with Crippen molar-refractivity contribution in [3.8, 4) is 16.9 Å². The van der Waals surface area contributed by atoms with E-state index < -0.39 is 0 Å². The fourth-order valence-electron chi connectivity index (χ4n) is 4.75. The van der Waals surface area contributed by atoms with Crippen molar-refractivity contribution in [2.45, 2.75) is 13.8 Å². The number of aryl methyl sites for hydroxylation is 2. The van der Waals surface area contributed by atoms with E-state index in [0.29, 0.717) is 5.95 Å². The summed E-state index contributed by atoms with van der Waals surface area (Å²) in [5, 5.41) is 4.44. The molecule has 1 aliphatic rings. The number of piperazine rings is 1. The Morgan fingerprint density at radius 2 is 1.65 bits per heavy atom. The van der Waals surface area contributed by atoms with Crippen LogP contribution in [0.3, 0.4) is 0 Å². The molecule has 0 bridgehead atoms. The number of nitrogens with one attached hydrogen (secondary N) is 1. The lowest BCUT2D eigenvalue weighted by Crippen LogP contribution is -2.44. The first kappa shape index (κ1) is 22.2. The lowest BCUT2D eigenvalue weighted by atomic mass is 9.98. The molecular formula is C28H31N5O. The van der Waals surface area contributed by atoms with E-state index in [1.54, 1.807) is 7.11 Å². The molecule has 6 heteroatoms. The molecule has 0 spiro atoms. The van der Waals surface area contributed by atoms with Crippen LogP contribution in [0.5, 0.6) is 5.75 Å². The van der Waals surface area contributed by atoms with Crippen LogP contribution in [-0.4, -0.2) is 55.2 Å². The van der Waals surface area contributed by atoms with E-state index in [2.05, 4.69) is 95.6 Å². The maximum absolute atomic E-state index is 5.56. The number of fused-ring (bicyclic) bond motifs is 1. The topological polar surface area (TPSA) is 53.5 Å². The molecule has 1 N–H and O–H groups in total. The maximum atomic E-state index is 5.56. The van der Waals surface area contributed by atoms with Crippen LogP contribution >= 0.6 is 0 Å². The van der Waals surface area contributed by atoms with Crippen molar-refractivity contribution in [1.29, 1.82) is 0 Å². The van der Waals surface area contributed by atoms with E-state index in [-0.39, 0.29) is 0 Å². The molecule has 1 aromatic heterocycles. The molecule has 6 nitrogen and oxygen atoms in total. The van der Waals surface area contributed by atoms with E-state index in [1.165, 1.54) is 5.69 Å². The third-order valence-electron chi connectivity index (χ3n) is 6.56. The molecule has 5 rings (SSSR count). The SMILES string of the molecule is COc1c(C)cc(-c2cccc3cnc(Nc4cccc(N5CCN(C)CC5)c4)nc23)cc1C. The number of hydrogen-bond acceptors (Lipinski definition) is 6. The second-order valence-electron chi connectivity index (χ2n) is 9.05. The van der Waals surface area contributed by atoms with Crippen LogP contribution in [0.2, 0.25) is 0 Å². The van der Waals surface area contributed by atoms with Crippen molar-refractivity contribution < 1.29 is 4.74 Å². The minimum atomic E-state index is 0.595. The summed E-state index contributed by atoms with van der Waals surface area (Å²) in [4.78, 5) is 14.3. The molecule has 0 unspecified atom stereocenters. The summed E-state index contributed by atoms with van der Waals surface area (Å²) >= 11 is 0. The lowest BCUT2D eigenvalue weighted by molar-refractivity contribution is 0.313. The Labute approximate surface area is 201 Å². The number of aromatic nitrogens is 2. The van der Waals surface area contributed by atoms with Gasteiger partial charge in [-0.25, -0.2) is 9.97 Å². The summed E-state index contributed by atoms with van der Waals surface area (Å²) in [6.07, 6.45) is 1.89. The summed E-state index contributed by atoms with van der Waals surface area (Å²) in [5.74, 6) is 1.53. The van der Waals surface area contributed by atoms with Crippen LogP contribution in [0.4, 0.5) is 17.3 Å². The first-order chi connectivity index (χ1) is 16.5. The van der Waals surface area contributed by atoms with Crippen LogP contribution in [0.1, 0.15) is 11.1 Å². The van der Waals surface area contributed by atoms with Crippen molar-refractivity contribution in [2.75, 3.05) is 50.6 Å². The third kappa shape index (κ3) is 4.41. The molecule has 34 heavy (non-hydrogen) atoms. The zero-order chi connectivity index (χ0) is 23.7. The summed E-state index contributed by atoms with van der Waals surface area (Å²) in [5.41, 5.74) is 7.59. The molecule has 0 saturated carbocycles. The molecule has 2 heterocycles. The predicted molar refractivity (Wildman–Crippen MR) is 140 cm³/mol. The standard InChI is InChI=1S/C28H31N5O/c1-19-15-22(16-20(2)27(19)34-4)25-10-5-7-21-18-29-28(31-26(21)25)30-23-8-6-9-24(17-23)33-13-11-32(3)12-14-33/h5-10,15-18H,11-14H2,1-4H3,(H,29,30,31). The minimum absolute atomic E-state index is 0.595. The average molecular weight is 454 g/mol. The van der Waals surface area contributed by atoms with Crippen LogP contribution in [0, 0.1) is 13.8 Å². The second kappa shape index (κ2) is 9.31. The summed E-state index contributed by atoms with van der Waals surface area (Å²) in [6, 6.07) is 19.1. The van der Waals surface area contributed by atoms with Crippen LogP contribution in [-0.2, 0) is 0 Å². The normalized spacial score (nSPS) is 14.4. The number of hydrogen-bond donors (Lipinski definition) is 1. The number of para-hydroxylation sites is 1. The van der Waals surface area contributed by atoms with Gasteiger partial charge in [0.05, 0.1) is 12.6 Å². The van der Waals surface area contributed by atoms with Crippen molar-refractivity contribution in [2.24, 2.45) is 0 Å². The van der Waals surface area contributed by atoms with E-state index in [9.17, 15) is 0 Å². The molecule has 1 saturated heterocycles. The van der Waals surface area contributed by atoms with Crippen LogP contribution < -0.4 is 15.0 Å². The third-order valence-corrected chi connectivity index (χ3v) is 6.56. The largest absolute Gasteiger partial charge is 0.496 e. The quantitative estimate of drug-likeness (QED) is 0.436. The Bertz CT molecular complexity index is 1300. The summed E-state index contributed by atoms with van der Waals surface area (Å²) in [6.45, 7) is 8.40. The number of rotatable bonds is 5. The van der Waals surface area contributed by atoms with Crippen molar-refractivity contribution in [1.82, 2.24) is 14.9 Å². The van der Waals surface area contributed by atoms with Crippen molar-refractivity contribution in [3.05, 3.63) is 71.9 Å². The van der Waals surface area contributed by atoms with Crippen LogP contribution in [0.25, 0.3) is 22.0 Å². The van der Waals surface area contributed by atoms with Gasteiger partial charge in [-0.1, -0.05) is 24.3 Å². The van der Waals surface area contributed by atoms with Gasteiger partial charge >= 0.3 is 0 Å². The Morgan fingerprint density at radius 3 is 2.38 bits per heavy atom. The first-order valence-electron chi connectivity index (χ1n) is 11.7. The molecule has 174 valence electrons. The molecule has 4 aromatic rings. The van der Waals surface area contributed by atoms with Gasteiger partial charge in [-0.3, -0.25) is 0 Å². The number of benzene rings is 3. The molecule has 0 aliphatic carbocycles. The Morgan fingerprint density at radius 1 is 0.912 bits per heavy atom. The lowest BCUT2D eigenvalue weighted by Gasteiger charge is -2.34. The minimum Gasteiger partial charge on any atom is -0.496 e. The highest BCUT2D eigenvalue weighted by Gasteiger charge is 2.15. The Balaban J connectivity index is 1.47. The zero-order valence-electron chi connectivity index (χ0n) is 20.3. The van der Waals surface area contributed by atoms with E-state index in [0.717, 1.165) is 70.8 Å². The Hall–Kier alpha value is -3.64. The molecular weight excluding hydrogens is 422 g/mol. The number of likely N-dealkylation sites (N-methyl/N-ethyl adjacent to an activating group) is 1. The van der Waals surface area contributed by atoms with Crippen molar-refractivity contribution in [3.63, 3.8) is 0 Å². The van der Waals surface area contributed by atoms with Gasteiger partial charge in [-0.15, -0.1) is 0 Å². The Kier molecular flexibility index (Phi) is 6.07. The zero-order valence-corrected chi connectivity index (χ0v) is 20.3. The fourth-order valence-corrected chi connectivity index (χ4v) is 4.75. The highest BCUT2D eigenvalue weighted by Crippen LogP contribution is 2.33. The van der Waals surface area contributed by atoms with Gasteiger partial charge in [0.15, 0.2) is 0 Å². The number of nitrogens with zero attached hydrogens (tertiary/aromatic N) is 4.